The summed E-state index contributed by atoms with van der Waals surface area (Å²) in [6.45, 7) is 0. The van der Waals surface area contributed by atoms with Gasteiger partial charge in [-0.25, -0.2) is 0 Å². The standard InChI is InChI=1S/C11H17N3O2S2/c1-14(2)11(15)17-9-12-10(18-13-9)16-8-6-4-3-5-7-8/h8H,3-7H2,1-2H3. The zero-order chi connectivity index (χ0) is 13.0. The van der Waals surface area contributed by atoms with Crippen molar-refractivity contribution in [2.75, 3.05) is 14.1 Å². The molecule has 0 aliphatic heterocycles. The number of ether oxygens (including phenoxy) is 1. The van der Waals surface area contributed by atoms with E-state index in [0.29, 0.717) is 10.4 Å². The fraction of sp³-hybridized carbons (Fsp3) is 0.727. The van der Waals surface area contributed by atoms with Gasteiger partial charge in [0.05, 0.1) is 0 Å². The van der Waals surface area contributed by atoms with Gasteiger partial charge in [0.2, 0.25) is 5.16 Å². The fourth-order valence-electron chi connectivity index (χ4n) is 1.78. The Labute approximate surface area is 115 Å². The van der Waals surface area contributed by atoms with E-state index in [9.17, 15) is 4.79 Å². The molecule has 18 heavy (non-hydrogen) atoms. The number of carbonyl (C=O) groups is 1. The lowest BCUT2D eigenvalue weighted by Gasteiger charge is -2.20. The van der Waals surface area contributed by atoms with E-state index in [4.69, 9.17) is 4.74 Å². The lowest BCUT2D eigenvalue weighted by atomic mass is 9.98. The molecule has 0 spiro atoms. The highest BCUT2D eigenvalue weighted by atomic mass is 32.2. The van der Waals surface area contributed by atoms with Crippen molar-refractivity contribution < 1.29 is 9.53 Å². The Morgan fingerprint density at radius 2 is 2.11 bits per heavy atom. The summed E-state index contributed by atoms with van der Waals surface area (Å²) < 4.78 is 9.91. The summed E-state index contributed by atoms with van der Waals surface area (Å²) >= 11 is 2.25. The van der Waals surface area contributed by atoms with Gasteiger partial charge in [0.25, 0.3) is 10.4 Å². The quantitative estimate of drug-likeness (QED) is 0.800. The third-order valence-electron chi connectivity index (χ3n) is 2.75. The lowest BCUT2D eigenvalue weighted by Crippen LogP contribution is -2.19. The second-order valence-electron chi connectivity index (χ2n) is 4.48. The van der Waals surface area contributed by atoms with E-state index in [1.807, 2.05) is 0 Å². The number of hydrogen-bond donors (Lipinski definition) is 0. The molecule has 1 aliphatic rings. The first-order valence-electron chi connectivity index (χ1n) is 6.04. The highest BCUT2D eigenvalue weighted by molar-refractivity contribution is 8.13. The molecule has 1 heterocycles. The molecule has 0 atom stereocenters. The number of carbonyl (C=O) groups excluding carboxylic acids is 1. The van der Waals surface area contributed by atoms with E-state index < -0.39 is 0 Å². The number of amides is 1. The summed E-state index contributed by atoms with van der Waals surface area (Å²) in [5.41, 5.74) is 0. The van der Waals surface area contributed by atoms with E-state index in [2.05, 4.69) is 9.36 Å². The van der Waals surface area contributed by atoms with Crippen molar-refractivity contribution in [3.05, 3.63) is 0 Å². The SMILES string of the molecule is CN(C)C(=O)Sc1nsc(OC2CCCCC2)n1. The van der Waals surface area contributed by atoms with Crippen LogP contribution in [0.4, 0.5) is 4.79 Å². The number of aromatic nitrogens is 2. The van der Waals surface area contributed by atoms with Crippen molar-refractivity contribution in [1.29, 1.82) is 0 Å². The zero-order valence-corrected chi connectivity index (χ0v) is 12.2. The van der Waals surface area contributed by atoms with Crippen molar-refractivity contribution in [3.63, 3.8) is 0 Å². The van der Waals surface area contributed by atoms with Gasteiger partial charge in [-0.15, -0.1) is 0 Å². The monoisotopic (exact) mass is 287 g/mol. The van der Waals surface area contributed by atoms with Crippen LogP contribution in [0.15, 0.2) is 5.16 Å². The summed E-state index contributed by atoms with van der Waals surface area (Å²) in [4.78, 5) is 17.2. The first kappa shape index (κ1) is 13.6. The topological polar surface area (TPSA) is 55.3 Å². The molecule has 1 fully saturated rings. The van der Waals surface area contributed by atoms with E-state index in [-0.39, 0.29) is 11.3 Å². The van der Waals surface area contributed by atoms with Gasteiger partial charge in [-0.05, 0) is 25.7 Å². The average Bonchev–Trinajstić information content (AvgIpc) is 2.77. The van der Waals surface area contributed by atoms with Gasteiger partial charge < -0.3 is 9.64 Å². The molecule has 0 unspecified atom stereocenters. The first-order valence-corrected chi connectivity index (χ1v) is 7.63. The Morgan fingerprint density at radius 3 is 2.78 bits per heavy atom. The molecular weight excluding hydrogens is 270 g/mol. The third-order valence-corrected chi connectivity index (χ3v) is 4.38. The highest BCUT2D eigenvalue weighted by Gasteiger charge is 2.18. The normalized spacial score (nSPS) is 16.6. The van der Waals surface area contributed by atoms with E-state index in [1.165, 1.54) is 35.7 Å². The second kappa shape index (κ2) is 6.38. The molecule has 1 aliphatic carbocycles. The van der Waals surface area contributed by atoms with Gasteiger partial charge in [-0.3, -0.25) is 4.79 Å². The Morgan fingerprint density at radius 1 is 1.39 bits per heavy atom. The van der Waals surface area contributed by atoms with Crippen LogP contribution in [0, 0.1) is 0 Å². The van der Waals surface area contributed by atoms with Crippen molar-refractivity contribution in [3.8, 4) is 5.19 Å². The summed E-state index contributed by atoms with van der Waals surface area (Å²) in [5.74, 6) is 0. The second-order valence-corrected chi connectivity index (χ2v) is 6.12. The summed E-state index contributed by atoms with van der Waals surface area (Å²) in [6, 6.07) is 0. The fourth-order valence-corrected chi connectivity index (χ4v) is 3.07. The predicted octanol–water partition coefficient (Wildman–Crippen LogP) is 3.02. The molecule has 7 heteroatoms. The van der Waals surface area contributed by atoms with Gasteiger partial charge in [0.15, 0.2) is 0 Å². The Bertz CT molecular complexity index is 403. The smallest absolute Gasteiger partial charge is 0.294 e. The van der Waals surface area contributed by atoms with Crippen LogP contribution in [0.25, 0.3) is 0 Å². The number of hydrogen-bond acceptors (Lipinski definition) is 6. The van der Waals surface area contributed by atoms with Crippen molar-refractivity contribution >= 4 is 28.5 Å². The van der Waals surface area contributed by atoms with Crippen molar-refractivity contribution in [2.24, 2.45) is 0 Å². The van der Waals surface area contributed by atoms with Crippen LogP contribution in [0.2, 0.25) is 0 Å². The molecule has 1 amide bonds. The van der Waals surface area contributed by atoms with Crippen LogP contribution in [-0.4, -0.2) is 39.7 Å². The molecule has 0 saturated heterocycles. The lowest BCUT2D eigenvalue weighted by molar-refractivity contribution is 0.154. The van der Waals surface area contributed by atoms with Crippen LogP contribution in [0.5, 0.6) is 5.19 Å². The van der Waals surface area contributed by atoms with E-state index in [0.717, 1.165) is 24.6 Å². The molecule has 1 aromatic rings. The highest BCUT2D eigenvalue weighted by Crippen LogP contribution is 2.27. The number of nitrogens with zero attached hydrogens (tertiary/aromatic N) is 3. The molecule has 100 valence electrons. The Balaban J connectivity index is 1.87. The van der Waals surface area contributed by atoms with Crippen LogP contribution in [-0.2, 0) is 0 Å². The molecule has 1 aromatic heterocycles. The van der Waals surface area contributed by atoms with Gasteiger partial charge in [0, 0.05) is 37.4 Å². The minimum absolute atomic E-state index is 0.0722. The van der Waals surface area contributed by atoms with Crippen molar-refractivity contribution in [2.45, 2.75) is 43.4 Å². The Kier molecular flexibility index (Phi) is 4.82. The first-order chi connectivity index (χ1) is 8.65. The average molecular weight is 287 g/mol. The maximum absolute atomic E-state index is 11.5. The summed E-state index contributed by atoms with van der Waals surface area (Å²) in [7, 11) is 3.42. The molecule has 0 aromatic carbocycles. The summed E-state index contributed by atoms with van der Waals surface area (Å²) in [5, 5.41) is 0.984. The van der Waals surface area contributed by atoms with Gasteiger partial charge in [-0.2, -0.15) is 9.36 Å². The van der Waals surface area contributed by atoms with E-state index in [1.54, 1.807) is 14.1 Å². The minimum atomic E-state index is -0.0722. The molecule has 2 rings (SSSR count). The largest absolute Gasteiger partial charge is 0.466 e. The molecule has 5 nitrogen and oxygen atoms in total. The predicted molar refractivity (Wildman–Crippen MR) is 72.4 cm³/mol. The van der Waals surface area contributed by atoms with E-state index >= 15 is 0 Å². The maximum atomic E-state index is 11.5. The van der Waals surface area contributed by atoms with Gasteiger partial charge in [0.1, 0.15) is 6.10 Å². The van der Waals surface area contributed by atoms with Crippen LogP contribution < -0.4 is 4.74 Å². The Hall–Kier alpha value is -0.820. The third kappa shape index (κ3) is 3.84. The molecular formula is C11H17N3O2S2. The minimum Gasteiger partial charge on any atom is -0.466 e. The number of thioether (sulfide) groups is 1. The zero-order valence-electron chi connectivity index (χ0n) is 10.6. The van der Waals surface area contributed by atoms with Gasteiger partial charge >= 0.3 is 0 Å². The molecule has 0 bridgehead atoms. The van der Waals surface area contributed by atoms with Crippen LogP contribution in [0.1, 0.15) is 32.1 Å². The van der Waals surface area contributed by atoms with Gasteiger partial charge in [-0.1, -0.05) is 6.42 Å². The van der Waals surface area contributed by atoms with Crippen LogP contribution >= 0.6 is 23.3 Å². The molecule has 0 N–H and O–H groups in total. The van der Waals surface area contributed by atoms with Crippen LogP contribution in [0.3, 0.4) is 0 Å². The number of rotatable bonds is 3. The van der Waals surface area contributed by atoms with Crippen molar-refractivity contribution in [1.82, 2.24) is 14.3 Å². The molecule has 0 radical (unpaired) electrons. The maximum Gasteiger partial charge on any atom is 0.294 e. The summed E-state index contributed by atoms with van der Waals surface area (Å²) in [6.07, 6.45) is 6.22. The molecule has 1 saturated carbocycles.